The van der Waals surface area contributed by atoms with Crippen molar-refractivity contribution in [3.05, 3.63) is 58.4 Å². The molecular formula is C14H10IN3O2S. The monoisotopic (exact) mass is 411 g/mol. The highest BCUT2D eigenvalue weighted by Gasteiger charge is 2.18. The highest BCUT2D eigenvalue weighted by molar-refractivity contribution is 14.1. The Kier molecular flexibility index (Phi) is 3.77. The molecule has 0 aliphatic rings. The van der Waals surface area contributed by atoms with E-state index in [-0.39, 0.29) is 4.90 Å². The summed E-state index contributed by atoms with van der Waals surface area (Å²) in [4.78, 5) is 8.36. The van der Waals surface area contributed by atoms with Crippen LogP contribution in [0.15, 0.2) is 59.8 Å². The molecule has 5 nitrogen and oxygen atoms in total. The van der Waals surface area contributed by atoms with Crippen LogP contribution in [0.2, 0.25) is 0 Å². The zero-order valence-corrected chi connectivity index (χ0v) is 13.7. The number of halogens is 1. The first-order valence-electron chi connectivity index (χ1n) is 6.04. The van der Waals surface area contributed by atoms with E-state index in [1.807, 2.05) is 6.07 Å². The maximum Gasteiger partial charge on any atom is 0.264 e. The summed E-state index contributed by atoms with van der Waals surface area (Å²) >= 11 is 2.13. The molecule has 0 bridgehead atoms. The number of aromatic nitrogens is 2. The van der Waals surface area contributed by atoms with E-state index in [0.29, 0.717) is 16.7 Å². The molecule has 0 aliphatic carbocycles. The van der Waals surface area contributed by atoms with Gasteiger partial charge in [-0.2, -0.15) is 0 Å². The normalized spacial score (nSPS) is 11.5. The summed E-state index contributed by atoms with van der Waals surface area (Å²) in [6, 6.07) is 12.1. The van der Waals surface area contributed by atoms with Gasteiger partial charge in [0.05, 0.1) is 5.52 Å². The number of sulfonamides is 1. The minimum Gasteiger partial charge on any atom is -0.280 e. The van der Waals surface area contributed by atoms with E-state index in [0.717, 1.165) is 3.57 Å². The predicted molar refractivity (Wildman–Crippen MR) is 89.5 cm³/mol. The van der Waals surface area contributed by atoms with Crippen LogP contribution in [0.5, 0.6) is 0 Å². The number of fused-ring (bicyclic) bond motifs is 1. The Morgan fingerprint density at radius 2 is 1.76 bits per heavy atom. The van der Waals surface area contributed by atoms with Crippen LogP contribution in [0.4, 0.5) is 5.69 Å². The van der Waals surface area contributed by atoms with Crippen molar-refractivity contribution in [1.29, 1.82) is 0 Å². The van der Waals surface area contributed by atoms with E-state index in [4.69, 9.17) is 0 Å². The van der Waals surface area contributed by atoms with Gasteiger partial charge in [0.15, 0.2) is 0 Å². The van der Waals surface area contributed by atoms with Crippen LogP contribution in [-0.4, -0.2) is 18.4 Å². The van der Waals surface area contributed by atoms with Crippen molar-refractivity contribution in [1.82, 2.24) is 9.97 Å². The summed E-state index contributed by atoms with van der Waals surface area (Å²) in [5.41, 5.74) is 1.42. The molecular weight excluding hydrogens is 401 g/mol. The quantitative estimate of drug-likeness (QED) is 0.673. The summed E-state index contributed by atoms with van der Waals surface area (Å²) < 4.78 is 28.6. The van der Waals surface area contributed by atoms with Crippen LogP contribution < -0.4 is 4.72 Å². The number of rotatable bonds is 3. The zero-order chi connectivity index (χ0) is 14.9. The van der Waals surface area contributed by atoms with Crippen LogP contribution in [0.1, 0.15) is 0 Å². The van der Waals surface area contributed by atoms with Crippen molar-refractivity contribution >= 4 is 49.3 Å². The van der Waals surface area contributed by atoms with Gasteiger partial charge >= 0.3 is 0 Å². The lowest BCUT2D eigenvalue weighted by Crippen LogP contribution is -2.14. The van der Waals surface area contributed by atoms with Crippen LogP contribution in [-0.2, 0) is 10.0 Å². The Hall–Kier alpha value is -1.74. The number of nitrogens with zero attached hydrogens (tertiary/aromatic N) is 2. The van der Waals surface area contributed by atoms with Gasteiger partial charge in [-0.3, -0.25) is 14.7 Å². The van der Waals surface area contributed by atoms with E-state index in [9.17, 15) is 8.42 Å². The Morgan fingerprint density at radius 3 is 2.57 bits per heavy atom. The lowest BCUT2D eigenvalue weighted by molar-refractivity contribution is 0.602. The molecule has 0 saturated carbocycles. The molecule has 0 unspecified atom stereocenters. The predicted octanol–water partition coefficient (Wildman–Crippen LogP) is 3.04. The van der Waals surface area contributed by atoms with Gasteiger partial charge in [-0.1, -0.05) is 12.1 Å². The first kappa shape index (κ1) is 14.2. The van der Waals surface area contributed by atoms with E-state index < -0.39 is 10.0 Å². The van der Waals surface area contributed by atoms with Gasteiger partial charge in [-0.05, 0) is 52.9 Å². The standard InChI is InChI=1S/C14H10IN3O2S/c15-10-3-1-4-11(9-10)18-21(19,20)13-6-2-5-12-14(13)17-8-7-16-12/h1-9,18H. The summed E-state index contributed by atoms with van der Waals surface area (Å²) in [7, 11) is -3.71. The molecule has 1 aromatic heterocycles. The summed E-state index contributed by atoms with van der Waals surface area (Å²) in [5.74, 6) is 0. The fourth-order valence-electron chi connectivity index (χ4n) is 1.95. The SMILES string of the molecule is O=S(=O)(Nc1cccc(I)c1)c1cccc2nccnc12. The number of anilines is 1. The maximum atomic E-state index is 12.5. The summed E-state index contributed by atoms with van der Waals surface area (Å²) in [6.07, 6.45) is 3.01. The van der Waals surface area contributed by atoms with Crippen LogP contribution in [0.25, 0.3) is 11.0 Å². The van der Waals surface area contributed by atoms with Crippen LogP contribution in [0, 0.1) is 3.57 Å². The lowest BCUT2D eigenvalue weighted by atomic mass is 10.3. The molecule has 1 N–H and O–H groups in total. The molecule has 3 rings (SSSR count). The molecule has 0 saturated heterocycles. The topological polar surface area (TPSA) is 72.0 Å². The fraction of sp³-hybridized carbons (Fsp3) is 0. The second kappa shape index (κ2) is 5.57. The van der Waals surface area contributed by atoms with Gasteiger partial charge in [0.1, 0.15) is 10.4 Å². The number of para-hydroxylation sites is 1. The molecule has 3 aromatic rings. The Balaban J connectivity index is 2.09. The number of nitrogens with one attached hydrogen (secondary N) is 1. The molecule has 0 aliphatic heterocycles. The first-order chi connectivity index (χ1) is 10.1. The van der Waals surface area contributed by atoms with E-state index in [2.05, 4.69) is 37.3 Å². The average molecular weight is 411 g/mol. The second-order valence-corrected chi connectivity index (χ2v) is 7.19. The van der Waals surface area contributed by atoms with E-state index in [1.54, 1.807) is 30.3 Å². The molecule has 0 radical (unpaired) electrons. The Bertz CT molecular complexity index is 907. The average Bonchev–Trinajstić information content (AvgIpc) is 2.46. The zero-order valence-electron chi connectivity index (χ0n) is 10.7. The van der Waals surface area contributed by atoms with Crippen molar-refractivity contribution in [3.8, 4) is 0 Å². The highest BCUT2D eigenvalue weighted by atomic mass is 127. The van der Waals surface area contributed by atoms with Gasteiger partial charge < -0.3 is 0 Å². The molecule has 0 atom stereocenters. The van der Waals surface area contributed by atoms with Crippen molar-refractivity contribution in [2.24, 2.45) is 0 Å². The van der Waals surface area contributed by atoms with Gasteiger partial charge in [-0.25, -0.2) is 8.42 Å². The molecule has 2 aromatic carbocycles. The van der Waals surface area contributed by atoms with Crippen molar-refractivity contribution < 1.29 is 8.42 Å². The van der Waals surface area contributed by atoms with Gasteiger partial charge in [-0.15, -0.1) is 0 Å². The van der Waals surface area contributed by atoms with Crippen molar-refractivity contribution in [2.75, 3.05) is 4.72 Å². The molecule has 0 amide bonds. The number of hydrogen-bond acceptors (Lipinski definition) is 4. The smallest absolute Gasteiger partial charge is 0.264 e. The third kappa shape index (κ3) is 2.98. The third-order valence-electron chi connectivity index (χ3n) is 2.83. The lowest BCUT2D eigenvalue weighted by Gasteiger charge is -2.09. The van der Waals surface area contributed by atoms with Crippen LogP contribution in [0.3, 0.4) is 0 Å². The van der Waals surface area contributed by atoms with E-state index in [1.165, 1.54) is 18.5 Å². The Labute approximate surface area is 135 Å². The fourth-order valence-corrected chi connectivity index (χ4v) is 3.70. The maximum absolute atomic E-state index is 12.5. The second-order valence-electron chi connectivity index (χ2n) is 4.30. The summed E-state index contributed by atoms with van der Waals surface area (Å²) in [5, 5.41) is 0. The van der Waals surface area contributed by atoms with E-state index >= 15 is 0 Å². The minimum absolute atomic E-state index is 0.118. The van der Waals surface area contributed by atoms with Gasteiger partial charge in [0.25, 0.3) is 10.0 Å². The molecule has 0 spiro atoms. The number of hydrogen-bond donors (Lipinski definition) is 1. The van der Waals surface area contributed by atoms with Crippen molar-refractivity contribution in [2.45, 2.75) is 4.90 Å². The minimum atomic E-state index is -3.71. The Morgan fingerprint density at radius 1 is 1.00 bits per heavy atom. The van der Waals surface area contributed by atoms with Gasteiger partial charge in [0, 0.05) is 21.7 Å². The first-order valence-corrected chi connectivity index (χ1v) is 8.60. The van der Waals surface area contributed by atoms with Crippen LogP contribution >= 0.6 is 22.6 Å². The molecule has 7 heteroatoms. The third-order valence-corrected chi connectivity index (χ3v) is 4.91. The number of benzene rings is 2. The molecule has 21 heavy (non-hydrogen) atoms. The van der Waals surface area contributed by atoms with Gasteiger partial charge in [0.2, 0.25) is 0 Å². The molecule has 1 heterocycles. The highest BCUT2D eigenvalue weighted by Crippen LogP contribution is 2.22. The molecule has 0 fully saturated rings. The summed E-state index contributed by atoms with van der Waals surface area (Å²) in [6.45, 7) is 0. The van der Waals surface area contributed by atoms with Crippen molar-refractivity contribution in [3.63, 3.8) is 0 Å². The largest absolute Gasteiger partial charge is 0.280 e. The molecule has 106 valence electrons.